The maximum Gasteiger partial charge on any atom is 0.138 e. The lowest BCUT2D eigenvalue weighted by Gasteiger charge is -2.42. The number of hydrogen-bond donors (Lipinski definition) is 2. The Hall–Kier alpha value is -1.06. The molecule has 3 heteroatoms. The van der Waals surface area contributed by atoms with Crippen molar-refractivity contribution in [2.45, 2.75) is 43.5 Å². The molecule has 0 bridgehead atoms. The minimum absolute atomic E-state index is 0.548. The van der Waals surface area contributed by atoms with Crippen LogP contribution in [0.4, 0.5) is 0 Å². The molecule has 1 heterocycles. The predicted molar refractivity (Wildman–Crippen MR) is 59.2 cm³/mol. The summed E-state index contributed by atoms with van der Waals surface area (Å²) in [5.41, 5.74) is 0.154. The van der Waals surface area contributed by atoms with E-state index in [-0.39, 0.29) is 0 Å². The number of ether oxygens (including phenoxy) is 1. The van der Waals surface area contributed by atoms with E-state index in [2.05, 4.69) is 0 Å². The van der Waals surface area contributed by atoms with Crippen LogP contribution in [0.25, 0.3) is 0 Å². The molecule has 0 radical (unpaired) electrons. The summed E-state index contributed by atoms with van der Waals surface area (Å²) >= 11 is 0. The molecular formula is C13H16O3. The molecule has 1 saturated carbocycles. The second-order valence-electron chi connectivity index (χ2n) is 4.80. The van der Waals surface area contributed by atoms with Gasteiger partial charge < -0.3 is 14.9 Å². The lowest BCUT2D eigenvalue weighted by molar-refractivity contribution is -0.126. The smallest absolute Gasteiger partial charge is 0.138 e. The van der Waals surface area contributed by atoms with E-state index >= 15 is 0 Å². The fourth-order valence-corrected chi connectivity index (χ4v) is 2.93. The highest BCUT2D eigenvalue weighted by Gasteiger charge is 2.50. The van der Waals surface area contributed by atoms with Crippen LogP contribution in [0.1, 0.15) is 37.4 Å². The molecule has 3 rings (SSSR count). The first kappa shape index (κ1) is 10.1. The predicted octanol–water partition coefficient (Wildman–Crippen LogP) is 1.79. The number of hydrogen-bond acceptors (Lipinski definition) is 3. The molecule has 1 aromatic carbocycles. The fraction of sp³-hybridized carbons (Fsp3) is 0.538. The first-order valence-electron chi connectivity index (χ1n) is 5.87. The summed E-state index contributed by atoms with van der Waals surface area (Å²) in [5, 5.41) is 20.3. The fourth-order valence-electron chi connectivity index (χ4n) is 2.93. The monoisotopic (exact) mass is 220 g/mol. The molecule has 2 aliphatic rings. The zero-order valence-electron chi connectivity index (χ0n) is 9.10. The number of aliphatic hydroxyl groups is 2. The highest BCUT2D eigenvalue weighted by molar-refractivity contribution is 5.39. The summed E-state index contributed by atoms with van der Waals surface area (Å²) in [4.78, 5) is 0. The molecule has 0 unspecified atom stereocenters. The maximum atomic E-state index is 10.2. The van der Waals surface area contributed by atoms with Gasteiger partial charge in [-0.3, -0.25) is 0 Å². The molecule has 1 spiro atoms. The standard InChI is InChI=1S/C13H16O3/c14-11-9-5-1-2-6-10(9)16-13(12(11)15)7-3-4-8-13/h1-2,5-6,11-12,14-15H,3-4,7-8H2/t11-,12-/m0/s1. The van der Waals surface area contributed by atoms with Crippen molar-refractivity contribution in [3.05, 3.63) is 29.8 Å². The van der Waals surface area contributed by atoms with E-state index in [0.29, 0.717) is 5.56 Å². The van der Waals surface area contributed by atoms with Crippen molar-refractivity contribution in [3.63, 3.8) is 0 Å². The second-order valence-corrected chi connectivity index (χ2v) is 4.80. The van der Waals surface area contributed by atoms with E-state index in [0.717, 1.165) is 31.4 Å². The van der Waals surface area contributed by atoms with E-state index in [1.807, 2.05) is 24.3 Å². The Morgan fingerprint density at radius 2 is 1.81 bits per heavy atom. The molecule has 0 aromatic heterocycles. The van der Waals surface area contributed by atoms with Crippen molar-refractivity contribution < 1.29 is 14.9 Å². The lowest BCUT2D eigenvalue weighted by Crippen LogP contribution is -2.51. The van der Waals surface area contributed by atoms with E-state index in [9.17, 15) is 10.2 Å². The summed E-state index contributed by atoms with van der Waals surface area (Å²) in [7, 11) is 0. The van der Waals surface area contributed by atoms with Gasteiger partial charge in [-0.25, -0.2) is 0 Å². The van der Waals surface area contributed by atoms with Crippen LogP contribution >= 0.6 is 0 Å². The van der Waals surface area contributed by atoms with Gasteiger partial charge in [-0.2, -0.15) is 0 Å². The number of benzene rings is 1. The molecule has 3 nitrogen and oxygen atoms in total. The van der Waals surface area contributed by atoms with Gasteiger partial charge >= 0.3 is 0 Å². The largest absolute Gasteiger partial charge is 0.484 e. The Morgan fingerprint density at radius 1 is 1.12 bits per heavy atom. The van der Waals surface area contributed by atoms with Crippen molar-refractivity contribution in [3.8, 4) is 5.75 Å². The van der Waals surface area contributed by atoms with Gasteiger partial charge in [0.15, 0.2) is 0 Å². The molecule has 1 aromatic rings. The summed E-state index contributed by atoms with van der Waals surface area (Å²) in [5.74, 6) is 0.724. The average Bonchev–Trinajstić information content (AvgIpc) is 2.76. The van der Waals surface area contributed by atoms with Crippen molar-refractivity contribution in [2.75, 3.05) is 0 Å². The van der Waals surface area contributed by atoms with Gasteiger partial charge in [0.1, 0.15) is 23.6 Å². The van der Waals surface area contributed by atoms with Crippen LogP contribution in [-0.2, 0) is 0 Å². The lowest BCUT2D eigenvalue weighted by atomic mass is 9.84. The van der Waals surface area contributed by atoms with Crippen molar-refractivity contribution >= 4 is 0 Å². The number of aliphatic hydroxyl groups excluding tert-OH is 2. The summed E-state index contributed by atoms with van der Waals surface area (Å²) < 4.78 is 5.95. The van der Waals surface area contributed by atoms with Gasteiger partial charge in [0.05, 0.1) is 0 Å². The number of rotatable bonds is 0. The van der Waals surface area contributed by atoms with Gasteiger partial charge in [0.25, 0.3) is 0 Å². The third-order valence-electron chi connectivity index (χ3n) is 3.84. The van der Waals surface area contributed by atoms with Gasteiger partial charge in [0.2, 0.25) is 0 Å². The van der Waals surface area contributed by atoms with E-state index in [4.69, 9.17) is 4.74 Å². The normalized spacial score (nSPS) is 31.1. The molecule has 2 N–H and O–H groups in total. The zero-order valence-corrected chi connectivity index (χ0v) is 9.10. The van der Waals surface area contributed by atoms with Crippen LogP contribution in [0.3, 0.4) is 0 Å². The molecule has 1 fully saturated rings. The van der Waals surface area contributed by atoms with E-state index in [1.165, 1.54) is 0 Å². The van der Waals surface area contributed by atoms with Crippen LogP contribution in [0.15, 0.2) is 24.3 Å². The number of para-hydroxylation sites is 1. The van der Waals surface area contributed by atoms with E-state index < -0.39 is 17.8 Å². The molecule has 16 heavy (non-hydrogen) atoms. The third kappa shape index (κ3) is 1.28. The average molecular weight is 220 g/mol. The van der Waals surface area contributed by atoms with Gasteiger partial charge in [-0.05, 0) is 31.7 Å². The highest BCUT2D eigenvalue weighted by atomic mass is 16.5. The third-order valence-corrected chi connectivity index (χ3v) is 3.84. The van der Waals surface area contributed by atoms with Crippen LogP contribution in [0, 0.1) is 0 Å². The van der Waals surface area contributed by atoms with Crippen molar-refractivity contribution in [2.24, 2.45) is 0 Å². The Balaban J connectivity index is 2.05. The van der Waals surface area contributed by atoms with E-state index in [1.54, 1.807) is 0 Å². The molecule has 2 atom stereocenters. The molecule has 1 aliphatic heterocycles. The Kier molecular flexibility index (Phi) is 2.19. The Bertz CT molecular complexity index is 396. The first-order chi connectivity index (χ1) is 7.73. The van der Waals surface area contributed by atoms with Crippen LogP contribution in [-0.4, -0.2) is 21.9 Å². The molecule has 0 saturated heterocycles. The maximum absolute atomic E-state index is 10.2. The topological polar surface area (TPSA) is 49.7 Å². The number of fused-ring (bicyclic) bond motifs is 1. The van der Waals surface area contributed by atoms with Gasteiger partial charge in [0, 0.05) is 5.56 Å². The summed E-state index contributed by atoms with van der Waals surface area (Å²) in [6.45, 7) is 0. The zero-order chi connectivity index (χ0) is 11.2. The molecule has 86 valence electrons. The highest BCUT2D eigenvalue weighted by Crippen LogP contribution is 2.46. The SMILES string of the molecule is O[C@H]1c2ccccc2OC2(CCCC2)[C@H]1O. The summed E-state index contributed by atoms with van der Waals surface area (Å²) in [6.07, 6.45) is 2.17. The second kappa shape index (κ2) is 3.47. The van der Waals surface area contributed by atoms with Crippen LogP contribution in [0.5, 0.6) is 5.75 Å². The summed E-state index contributed by atoms with van der Waals surface area (Å²) in [6, 6.07) is 7.42. The van der Waals surface area contributed by atoms with Crippen LogP contribution in [0.2, 0.25) is 0 Å². The Labute approximate surface area is 94.7 Å². The minimum atomic E-state index is -0.817. The van der Waals surface area contributed by atoms with Crippen molar-refractivity contribution in [1.29, 1.82) is 0 Å². The van der Waals surface area contributed by atoms with Crippen molar-refractivity contribution in [1.82, 2.24) is 0 Å². The van der Waals surface area contributed by atoms with Gasteiger partial charge in [-0.15, -0.1) is 0 Å². The first-order valence-corrected chi connectivity index (χ1v) is 5.87. The molecule has 0 amide bonds. The van der Waals surface area contributed by atoms with Crippen LogP contribution < -0.4 is 4.74 Å². The molecular weight excluding hydrogens is 204 g/mol. The Morgan fingerprint density at radius 3 is 2.56 bits per heavy atom. The quantitative estimate of drug-likeness (QED) is 0.700. The minimum Gasteiger partial charge on any atom is -0.484 e. The van der Waals surface area contributed by atoms with Gasteiger partial charge in [-0.1, -0.05) is 18.2 Å². The molecule has 1 aliphatic carbocycles.